The van der Waals surface area contributed by atoms with Gasteiger partial charge in [-0.25, -0.2) is 8.78 Å². The first-order valence-corrected chi connectivity index (χ1v) is 8.50. The molecular formula is C18H24F2N2O2. The summed E-state index contributed by atoms with van der Waals surface area (Å²) >= 11 is 0. The monoisotopic (exact) mass is 338 g/mol. The highest BCUT2D eigenvalue weighted by Gasteiger charge is 2.27. The number of carbonyl (C=O) groups is 2. The summed E-state index contributed by atoms with van der Waals surface area (Å²) in [6.45, 7) is 5.20. The smallest absolute Gasteiger partial charge is 0.254 e. The van der Waals surface area contributed by atoms with Gasteiger partial charge in [0.05, 0.1) is 5.56 Å². The first-order chi connectivity index (χ1) is 11.5. The Bertz CT molecular complexity index is 595. The fraction of sp³-hybridized carbons (Fsp3) is 0.556. The lowest BCUT2D eigenvalue weighted by Crippen LogP contribution is -2.48. The Hall–Kier alpha value is -1.98. The van der Waals surface area contributed by atoms with Crippen LogP contribution in [0.2, 0.25) is 0 Å². The second-order valence-corrected chi connectivity index (χ2v) is 6.21. The third-order valence-corrected chi connectivity index (χ3v) is 4.65. The lowest BCUT2D eigenvalue weighted by atomic mass is 9.98. The van der Waals surface area contributed by atoms with Crippen LogP contribution < -0.4 is 5.32 Å². The Morgan fingerprint density at radius 2 is 1.83 bits per heavy atom. The van der Waals surface area contributed by atoms with Gasteiger partial charge in [-0.2, -0.15) is 0 Å². The maximum Gasteiger partial charge on any atom is 0.254 e. The molecule has 0 saturated carbocycles. The Labute approximate surface area is 141 Å². The summed E-state index contributed by atoms with van der Waals surface area (Å²) in [4.78, 5) is 26.3. The molecule has 2 rings (SSSR count). The van der Waals surface area contributed by atoms with Crippen LogP contribution in [0.25, 0.3) is 0 Å². The third kappa shape index (κ3) is 4.30. The van der Waals surface area contributed by atoms with E-state index in [1.165, 1.54) is 0 Å². The minimum Gasteiger partial charge on any atom is -0.349 e. The van der Waals surface area contributed by atoms with Gasteiger partial charge in [0.1, 0.15) is 11.6 Å². The predicted octanol–water partition coefficient (Wildman–Crippen LogP) is 3.12. The van der Waals surface area contributed by atoms with Crippen LogP contribution >= 0.6 is 0 Å². The standard InChI is InChI=1S/C18H24F2N2O2/c1-3-12(4-2)18(24)22-9-7-14(8-10-22)21-17(23)15-6-5-13(19)11-16(15)20/h5-6,11-12,14H,3-4,7-10H2,1-2H3,(H,21,23). The van der Waals surface area contributed by atoms with Gasteiger partial charge in [-0.15, -0.1) is 0 Å². The van der Waals surface area contributed by atoms with E-state index in [9.17, 15) is 18.4 Å². The average Bonchev–Trinajstić information content (AvgIpc) is 2.56. The van der Waals surface area contributed by atoms with E-state index < -0.39 is 17.5 Å². The van der Waals surface area contributed by atoms with E-state index in [2.05, 4.69) is 5.32 Å². The largest absolute Gasteiger partial charge is 0.349 e. The van der Waals surface area contributed by atoms with Crippen LogP contribution in [0.4, 0.5) is 8.78 Å². The molecule has 0 bridgehead atoms. The van der Waals surface area contributed by atoms with Gasteiger partial charge < -0.3 is 10.2 Å². The van der Waals surface area contributed by atoms with Crippen LogP contribution in [0.5, 0.6) is 0 Å². The maximum atomic E-state index is 13.6. The molecular weight excluding hydrogens is 314 g/mol. The molecule has 24 heavy (non-hydrogen) atoms. The zero-order valence-electron chi connectivity index (χ0n) is 14.1. The van der Waals surface area contributed by atoms with E-state index in [-0.39, 0.29) is 23.4 Å². The van der Waals surface area contributed by atoms with Crippen molar-refractivity contribution < 1.29 is 18.4 Å². The Kier molecular flexibility index (Phi) is 6.29. The van der Waals surface area contributed by atoms with E-state index in [0.29, 0.717) is 32.0 Å². The van der Waals surface area contributed by atoms with Crippen molar-refractivity contribution in [2.45, 2.75) is 45.6 Å². The molecule has 0 atom stereocenters. The normalized spacial score (nSPS) is 15.6. The first-order valence-electron chi connectivity index (χ1n) is 8.50. The van der Waals surface area contributed by atoms with E-state index in [0.717, 1.165) is 25.0 Å². The minimum atomic E-state index is -0.867. The zero-order valence-corrected chi connectivity index (χ0v) is 14.1. The van der Waals surface area contributed by atoms with Gasteiger partial charge in [-0.3, -0.25) is 9.59 Å². The van der Waals surface area contributed by atoms with Gasteiger partial charge in [0.25, 0.3) is 5.91 Å². The summed E-state index contributed by atoms with van der Waals surface area (Å²) in [5, 5.41) is 2.77. The summed E-state index contributed by atoms with van der Waals surface area (Å²) < 4.78 is 26.5. The molecule has 1 aliphatic heterocycles. The quantitative estimate of drug-likeness (QED) is 0.897. The SMILES string of the molecule is CCC(CC)C(=O)N1CCC(NC(=O)c2ccc(F)cc2F)CC1. The molecule has 1 N–H and O–H groups in total. The number of hydrogen-bond acceptors (Lipinski definition) is 2. The molecule has 1 aliphatic rings. The number of piperidine rings is 1. The highest BCUT2D eigenvalue weighted by molar-refractivity contribution is 5.94. The number of nitrogens with one attached hydrogen (secondary N) is 1. The van der Waals surface area contributed by atoms with Gasteiger partial charge >= 0.3 is 0 Å². The molecule has 0 spiro atoms. The van der Waals surface area contributed by atoms with Crippen LogP contribution in [0.3, 0.4) is 0 Å². The molecule has 1 fully saturated rings. The van der Waals surface area contributed by atoms with Crippen molar-refractivity contribution in [3.05, 3.63) is 35.4 Å². The third-order valence-electron chi connectivity index (χ3n) is 4.65. The van der Waals surface area contributed by atoms with Crippen LogP contribution in [0.15, 0.2) is 18.2 Å². The number of nitrogens with zero attached hydrogens (tertiary/aromatic N) is 1. The Morgan fingerprint density at radius 1 is 1.21 bits per heavy atom. The van der Waals surface area contributed by atoms with Crippen LogP contribution in [0, 0.1) is 17.6 Å². The van der Waals surface area contributed by atoms with Gasteiger partial charge in [-0.05, 0) is 37.8 Å². The summed E-state index contributed by atoms with van der Waals surface area (Å²) in [5.41, 5.74) is -0.160. The summed E-state index contributed by atoms with van der Waals surface area (Å²) in [6.07, 6.45) is 2.94. The van der Waals surface area contributed by atoms with Crippen molar-refractivity contribution in [2.75, 3.05) is 13.1 Å². The van der Waals surface area contributed by atoms with E-state index in [4.69, 9.17) is 0 Å². The molecule has 1 heterocycles. The molecule has 2 amide bonds. The fourth-order valence-electron chi connectivity index (χ4n) is 3.08. The molecule has 0 radical (unpaired) electrons. The van der Waals surface area contributed by atoms with Crippen molar-refractivity contribution in [2.24, 2.45) is 5.92 Å². The molecule has 132 valence electrons. The van der Waals surface area contributed by atoms with Gasteiger partial charge in [0, 0.05) is 31.1 Å². The molecule has 1 aromatic carbocycles. The topological polar surface area (TPSA) is 49.4 Å². The maximum absolute atomic E-state index is 13.6. The van der Waals surface area contributed by atoms with Crippen molar-refractivity contribution in [1.82, 2.24) is 10.2 Å². The van der Waals surface area contributed by atoms with E-state index >= 15 is 0 Å². The number of rotatable bonds is 5. The molecule has 0 aliphatic carbocycles. The lowest BCUT2D eigenvalue weighted by molar-refractivity contribution is -0.136. The van der Waals surface area contributed by atoms with Crippen LogP contribution in [0.1, 0.15) is 49.9 Å². The number of hydrogen-bond donors (Lipinski definition) is 1. The van der Waals surface area contributed by atoms with Crippen molar-refractivity contribution in [1.29, 1.82) is 0 Å². The summed E-state index contributed by atoms with van der Waals surface area (Å²) in [7, 11) is 0. The van der Waals surface area contributed by atoms with Gasteiger partial charge in [-0.1, -0.05) is 13.8 Å². The lowest BCUT2D eigenvalue weighted by Gasteiger charge is -2.34. The van der Waals surface area contributed by atoms with Crippen molar-refractivity contribution in [3.63, 3.8) is 0 Å². The van der Waals surface area contributed by atoms with Crippen molar-refractivity contribution in [3.8, 4) is 0 Å². The Balaban J connectivity index is 1.89. The molecule has 0 aromatic heterocycles. The Morgan fingerprint density at radius 3 is 2.38 bits per heavy atom. The molecule has 0 unspecified atom stereocenters. The molecule has 1 aromatic rings. The highest BCUT2D eigenvalue weighted by Crippen LogP contribution is 2.18. The number of carbonyl (C=O) groups excluding carboxylic acids is 2. The van der Waals surface area contributed by atoms with Gasteiger partial charge in [0.15, 0.2) is 0 Å². The molecule has 4 nitrogen and oxygen atoms in total. The molecule has 1 saturated heterocycles. The van der Waals surface area contributed by atoms with Gasteiger partial charge in [0.2, 0.25) is 5.91 Å². The van der Waals surface area contributed by atoms with E-state index in [1.54, 1.807) is 0 Å². The second-order valence-electron chi connectivity index (χ2n) is 6.21. The average molecular weight is 338 g/mol. The number of benzene rings is 1. The fourth-order valence-corrected chi connectivity index (χ4v) is 3.08. The minimum absolute atomic E-state index is 0.0597. The zero-order chi connectivity index (χ0) is 17.7. The van der Waals surface area contributed by atoms with Crippen LogP contribution in [-0.4, -0.2) is 35.8 Å². The van der Waals surface area contributed by atoms with Crippen LogP contribution in [-0.2, 0) is 4.79 Å². The summed E-state index contributed by atoms with van der Waals surface area (Å²) in [5.74, 6) is -1.89. The highest BCUT2D eigenvalue weighted by atomic mass is 19.1. The summed E-state index contributed by atoms with van der Waals surface area (Å²) in [6, 6.07) is 2.81. The number of amides is 2. The number of likely N-dealkylation sites (tertiary alicyclic amines) is 1. The van der Waals surface area contributed by atoms with Crippen molar-refractivity contribution >= 4 is 11.8 Å². The predicted molar refractivity (Wildman–Crippen MR) is 87.5 cm³/mol. The number of halogens is 2. The first kappa shape index (κ1) is 18.4. The molecule has 6 heteroatoms. The van der Waals surface area contributed by atoms with E-state index in [1.807, 2.05) is 18.7 Å². The second kappa shape index (κ2) is 8.22.